The predicted octanol–water partition coefficient (Wildman–Crippen LogP) is 0.751. The Labute approximate surface area is 163 Å². The Morgan fingerprint density at radius 1 is 1.14 bits per heavy atom. The average Bonchev–Trinajstić information content (AvgIpc) is 3.01. The number of carbonyl (C=O) groups is 2. The van der Waals surface area contributed by atoms with Crippen LogP contribution in [0.15, 0.2) is 29.5 Å². The summed E-state index contributed by atoms with van der Waals surface area (Å²) in [6.07, 6.45) is 5.56. The summed E-state index contributed by atoms with van der Waals surface area (Å²) in [6.45, 7) is 4.54. The van der Waals surface area contributed by atoms with Crippen molar-refractivity contribution in [2.75, 3.05) is 44.2 Å². The van der Waals surface area contributed by atoms with Gasteiger partial charge in [0.05, 0.1) is 17.5 Å². The first-order valence-corrected chi connectivity index (χ1v) is 10.3. The van der Waals surface area contributed by atoms with E-state index in [0.29, 0.717) is 32.6 Å². The number of esters is 1. The first kappa shape index (κ1) is 16.5. The molecule has 5 aliphatic rings. The number of ether oxygens (including phenoxy) is 1. The number of fused-ring (bicyclic) bond motifs is 1. The normalized spacial score (nSPS) is 29.9. The Morgan fingerprint density at radius 3 is 2.68 bits per heavy atom. The topological polar surface area (TPSA) is 74.8 Å². The Bertz CT molecular complexity index is 901. The summed E-state index contributed by atoms with van der Waals surface area (Å²) >= 11 is 0. The van der Waals surface area contributed by atoms with Crippen LogP contribution in [0.2, 0.25) is 0 Å². The summed E-state index contributed by atoms with van der Waals surface area (Å²) in [6, 6.07) is 4.13. The second-order valence-corrected chi connectivity index (χ2v) is 8.75. The number of aromatic nitrogens is 1. The zero-order valence-corrected chi connectivity index (χ0v) is 15.9. The average molecular weight is 380 g/mol. The van der Waals surface area contributed by atoms with E-state index >= 15 is 0 Å². The highest BCUT2D eigenvalue weighted by molar-refractivity contribution is 5.95. The first-order valence-electron chi connectivity index (χ1n) is 10.3. The largest absolute Gasteiger partial charge is 0.449 e. The molecule has 1 saturated carbocycles. The predicted molar refractivity (Wildman–Crippen MR) is 102 cm³/mol. The molecule has 1 aromatic rings. The molecular formula is C21H24N4O3. The molecule has 28 heavy (non-hydrogen) atoms. The zero-order chi connectivity index (χ0) is 18.9. The fourth-order valence-electron chi connectivity index (χ4n) is 5.20. The van der Waals surface area contributed by atoms with Gasteiger partial charge in [0, 0.05) is 50.9 Å². The molecular weight excluding hydrogens is 356 g/mol. The lowest BCUT2D eigenvalue weighted by Gasteiger charge is -2.32. The maximum Gasteiger partial charge on any atom is 0.336 e. The third kappa shape index (κ3) is 2.16. The molecule has 7 nitrogen and oxygen atoms in total. The highest BCUT2D eigenvalue weighted by Crippen LogP contribution is 2.51. The van der Waals surface area contributed by atoms with E-state index in [1.165, 1.54) is 6.42 Å². The van der Waals surface area contributed by atoms with Gasteiger partial charge in [0.15, 0.2) is 5.60 Å². The molecule has 6 rings (SSSR count). The Morgan fingerprint density at radius 2 is 2.00 bits per heavy atom. The number of anilines is 1. The Kier molecular flexibility index (Phi) is 3.29. The van der Waals surface area contributed by atoms with Crippen molar-refractivity contribution in [1.82, 2.24) is 15.2 Å². The van der Waals surface area contributed by atoms with E-state index in [4.69, 9.17) is 4.74 Å². The summed E-state index contributed by atoms with van der Waals surface area (Å²) in [5.74, 6) is 0.963. The smallest absolute Gasteiger partial charge is 0.336 e. The number of pyridine rings is 1. The summed E-state index contributed by atoms with van der Waals surface area (Å²) < 4.78 is 5.79. The van der Waals surface area contributed by atoms with E-state index in [2.05, 4.69) is 21.3 Å². The summed E-state index contributed by atoms with van der Waals surface area (Å²) in [5, 5.41) is 3.25. The summed E-state index contributed by atoms with van der Waals surface area (Å²) in [4.78, 5) is 34.4. The van der Waals surface area contributed by atoms with E-state index in [1.807, 2.05) is 17.2 Å². The van der Waals surface area contributed by atoms with Gasteiger partial charge in [-0.25, -0.2) is 9.78 Å². The van der Waals surface area contributed by atoms with E-state index in [9.17, 15) is 9.59 Å². The fraction of sp³-hybridized carbons (Fsp3) is 0.571. The zero-order valence-electron chi connectivity index (χ0n) is 15.9. The van der Waals surface area contributed by atoms with Crippen molar-refractivity contribution in [3.63, 3.8) is 0 Å². The van der Waals surface area contributed by atoms with Gasteiger partial charge in [-0.2, -0.15) is 0 Å². The number of likely N-dealkylation sites (tertiary alicyclic amines) is 1. The number of rotatable bonds is 3. The van der Waals surface area contributed by atoms with Gasteiger partial charge >= 0.3 is 5.97 Å². The lowest BCUT2D eigenvalue weighted by molar-refractivity contribution is -0.148. The lowest BCUT2D eigenvalue weighted by Crippen LogP contribution is -2.43. The van der Waals surface area contributed by atoms with Gasteiger partial charge in [-0.15, -0.1) is 0 Å². The van der Waals surface area contributed by atoms with Crippen LogP contribution in [0.4, 0.5) is 5.82 Å². The van der Waals surface area contributed by atoms with E-state index in [1.54, 1.807) is 0 Å². The number of nitrogens with zero attached hydrogens (tertiary/aromatic N) is 3. The number of carbonyl (C=O) groups excluding carboxylic acids is 2. The van der Waals surface area contributed by atoms with Gasteiger partial charge in [-0.1, -0.05) is 6.07 Å². The first-order chi connectivity index (χ1) is 13.6. The molecule has 1 amide bonds. The number of amides is 1. The number of hydrogen-bond acceptors (Lipinski definition) is 6. The van der Waals surface area contributed by atoms with Crippen LogP contribution in [-0.2, 0) is 19.7 Å². The molecule has 1 spiro atoms. The van der Waals surface area contributed by atoms with Crippen molar-refractivity contribution < 1.29 is 14.3 Å². The molecule has 1 atom stereocenters. The third-order valence-electron chi connectivity index (χ3n) is 7.21. The molecule has 2 saturated heterocycles. The third-order valence-corrected chi connectivity index (χ3v) is 7.21. The molecule has 1 aromatic heterocycles. The molecule has 7 heteroatoms. The van der Waals surface area contributed by atoms with Gasteiger partial charge in [0.25, 0.3) is 0 Å². The molecule has 1 unspecified atom stereocenters. The van der Waals surface area contributed by atoms with Crippen LogP contribution in [-0.4, -0.2) is 66.6 Å². The number of hydrogen-bond donors (Lipinski definition) is 1. The molecule has 4 aliphatic heterocycles. The second kappa shape index (κ2) is 5.56. The fourth-order valence-corrected chi connectivity index (χ4v) is 5.20. The van der Waals surface area contributed by atoms with Crippen molar-refractivity contribution in [3.05, 3.63) is 35.0 Å². The van der Waals surface area contributed by atoms with Crippen molar-refractivity contribution in [2.45, 2.75) is 36.7 Å². The van der Waals surface area contributed by atoms with Crippen molar-refractivity contribution in [1.29, 1.82) is 0 Å². The second-order valence-electron chi connectivity index (χ2n) is 8.75. The minimum absolute atomic E-state index is 0.166. The van der Waals surface area contributed by atoms with Crippen molar-refractivity contribution in [2.24, 2.45) is 0 Å². The Balaban J connectivity index is 1.22. The summed E-state index contributed by atoms with van der Waals surface area (Å²) in [5.41, 5.74) is 1.84. The van der Waals surface area contributed by atoms with Crippen molar-refractivity contribution in [3.8, 4) is 0 Å². The highest BCUT2D eigenvalue weighted by Gasteiger charge is 2.58. The number of nitrogens with one attached hydrogen (secondary N) is 1. The molecule has 3 fully saturated rings. The van der Waals surface area contributed by atoms with Crippen LogP contribution in [0.3, 0.4) is 0 Å². The van der Waals surface area contributed by atoms with Crippen LogP contribution in [0, 0.1) is 0 Å². The lowest BCUT2D eigenvalue weighted by atomic mass is 9.92. The highest BCUT2D eigenvalue weighted by atomic mass is 16.6. The van der Waals surface area contributed by atoms with Crippen LogP contribution < -0.4 is 10.2 Å². The quantitative estimate of drug-likeness (QED) is 0.780. The molecule has 146 valence electrons. The molecule has 0 radical (unpaired) electrons. The van der Waals surface area contributed by atoms with E-state index in [-0.39, 0.29) is 11.9 Å². The van der Waals surface area contributed by atoms with Crippen LogP contribution >= 0.6 is 0 Å². The molecule has 0 aromatic carbocycles. The maximum absolute atomic E-state index is 13.4. The van der Waals surface area contributed by atoms with Gasteiger partial charge in [0.1, 0.15) is 5.82 Å². The molecule has 0 bridgehead atoms. The maximum atomic E-state index is 13.4. The van der Waals surface area contributed by atoms with Crippen LogP contribution in [0.5, 0.6) is 0 Å². The minimum atomic E-state index is -0.596. The summed E-state index contributed by atoms with van der Waals surface area (Å²) in [7, 11) is 0. The molecule has 1 aliphatic carbocycles. The Hall–Kier alpha value is -2.41. The van der Waals surface area contributed by atoms with Crippen LogP contribution in [0.25, 0.3) is 0 Å². The van der Waals surface area contributed by atoms with Gasteiger partial charge in [0.2, 0.25) is 5.91 Å². The van der Waals surface area contributed by atoms with Gasteiger partial charge < -0.3 is 19.9 Å². The molecule has 1 N–H and O–H groups in total. The van der Waals surface area contributed by atoms with Crippen LogP contribution in [0.1, 0.15) is 31.2 Å². The SMILES string of the molecule is O=C1OC2(CCN(C(=O)C3(c4ccc(N5CCC5)nc4)CC3)C2)C2=C1CNC2. The molecule has 5 heterocycles. The van der Waals surface area contributed by atoms with E-state index < -0.39 is 11.0 Å². The van der Waals surface area contributed by atoms with Gasteiger partial charge in [-0.3, -0.25) is 4.79 Å². The van der Waals surface area contributed by atoms with Gasteiger partial charge in [-0.05, 0) is 30.9 Å². The minimum Gasteiger partial charge on any atom is -0.449 e. The standard InChI is InChI=1S/C21H24N4O3/c26-18-15-11-22-12-16(15)21(28-18)6-9-25(13-21)19(27)20(4-5-20)14-2-3-17(23-10-14)24-7-1-8-24/h2-3,10,22H,1,4-9,11-13H2. The van der Waals surface area contributed by atoms with Crippen molar-refractivity contribution >= 4 is 17.7 Å². The monoisotopic (exact) mass is 380 g/mol. The van der Waals surface area contributed by atoms with E-state index in [0.717, 1.165) is 48.5 Å².